The molecular weight excluding hydrogens is 257 g/mol. The summed E-state index contributed by atoms with van der Waals surface area (Å²) in [5.41, 5.74) is 0.697. The predicted octanol–water partition coefficient (Wildman–Crippen LogP) is 3.69. The molecule has 0 radical (unpaired) electrons. The maximum absolute atomic E-state index is 14.2. The van der Waals surface area contributed by atoms with Gasteiger partial charge in [-0.1, -0.05) is 13.0 Å². The lowest BCUT2D eigenvalue weighted by Gasteiger charge is -2.21. The van der Waals surface area contributed by atoms with Gasteiger partial charge in [-0.3, -0.25) is 0 Å². The maximum Gasteiger partial charge on any atom is 0.131 e. The molecule has 0 bridgehead atoms. The molecule has 0 amide bonds. The quantitative estimate of drug-likeness (QED) is 0.749. The number of benzene rings is 1. The lowest BCUT2D eigenvalue weighted by molar-refractivity contribution is 0.106. The minimum absolute atomic E-state index is 0.0125. The summed E-state index contributed by atoms with van der Waals surface area (Å²) in [5, 5.41) is 3.41. The molecule has 20 heavy (non-hydrogen) atoms. The van der Waals surface area contributed by atoms with Gasteiger partial charge in [-0.2, -0.15) is 0 Å². The van der Waals surface area contributed by atoms with E-state index in [0.717, 1.165) is 25.8 Å². The highest BCUT2D eigenvalue weighted by molar-refractivity contribution is 5.30. The highest BCUT2D eigenvalue weighted by atomic mass is 19.1. The zero-order chi connectivity index (χ0) is 15.0. The molecule has 0 aromatic heterocycles. The molecule has 1 rings (SSSR count). The van der Waals surface area contributed by atoms with Crippen molar-refractivity contribution in [3.8, 4) is 5.75 Å². The van der Waals surface area contributed by atoms with Crippen molar-refractivity contribution in [3.63, 3.8) is 0 Å². The highest BCUT2D eigenvalue weighted by Gasteiger charge is 2.16. The van der Waals surface area contributed by atoms with Crippen LogP contribution in [0.25, 0.3) is 0 Å². The van der Waals surface area contributed by atoms with E-state index in [1.807, 2.05) is 6.92 Å². The topological polar surface area (TPSA) is 30.5 Å². The van der Waals surface area contributed by atoms with E-state index in [0.29, 0.717) is 11.3 Å². The highest BCUT2D eigenvalue weighted by Crippen LogP contribution is 2.25. The Kier molecular flexibility index (Phi) is 7.55. The van der Waals surface area contributed by atoms with Gasteiger partial charge in [0.1, 0.15) is 11.6 Å². The zero-order valence-electron chi connectivity index (χ0n) is 12.9. The summed E-state index contributed by atoms with van der Waals surface area (Å²) in [4.78, 5) is 0. The third kappa shape index (κ3) is 5.10. The summed E-state index contributed by atoms with van der Waals surface area (Å²) >= 11 is 0. The van der Waals surface area contributed by atoms with Crippen molar-refractivity contribution in [1.29, 1.82) is 0 Å². The van der Waals surface area contributed by atoms with E-state index < -0.39 is 0 Å². The molecule has 1 aromatic carbocycles. The van der Waals surface area contributed by atoms with Crippen molar-refractivity contribution >= 4 is 0 Å². The predicted molar refractivity (Wildman–Crippen MR) is 79.7 cm³/mol. The fourth-order valence-corrected chi connectivity index (χ4v) is 2.12. The molecular formula is C16H26FNO2. The second-order valence-corrected chi connectivity index (χ2v) is 5.02. The Morgan fingerprint density at radius 3 is 2.55 bits per heavy atom. The van der Waals surface area contributed by atoms with Gasteiger partial charge in [-0.25, -0.2) is 4.39 Å². The standard InChI is InChI=1S/C16H26FNO2/c1-5-10-18-16(9-6-12(2)19-3)14-8-7-13(20-4)11-15(14)17/h7-8,11-12,16,18H,5-6,9-10H2,1-4H3. The molecule has 2 unspecified atom stereocenters. The number of rotatable bonds is 9. The van der Waals surface area contributed by atoms with E-state index in [-0.39, 0.29) is 18.0 Å². The van der Waals surface area contributed by atoms with Gasteiger partial charge in [0.2, 0.25) is 0 Å². The van der Waals surface area contributed by atoms with Crippen molar-refractivity contribution < 1.29 is 13.9 Å². The molecule has 1 N–H and O–H groups in total. The van der Waals surface area contributed by atoms with Crippen LogP contribution in [0.15, 0.2) is 18.2 Å². The van der Waals surface area contributed by atoms with Gasteiger partial charge in [0.15, 0.2) is 0 Å². The van der Waals surface area contributed by atoms with Crippen LogP contribution in [0.5, 0.6) is 5.75 Å². The third-order valence-corrected chi connectivity index (χ3v) is 3.49. The molecule has 0 aliphatic rings. The maximum atomic E-state index is 14.2. The molecule has 0 aliphatic carbocycles. The second kappa shape index (κ2) is 8.93. The molecule has 0 spiro atoms. The minimum atomic E-state index is -0.219. The van der Waals surface area contributed by atoms with Crippen LogP contribution in [-0.4, -0.2) is 26.9 Å². The lowest BCUT2D eigenvalue weighted by atomic mass is 9.99. The number of hydrogen-bond donors (Lipinski definition) is 1. The number of methoxy groups -OCH3 is 2. The first kappa shape index (κ1) is 16.9. The van der Waals surface area contributed by atoms with E-state index in [2.05, 4.69) is 12.2 Å². The van der Waals surface area contributed by atoms with Crippen LogP contribution < -0.4 is 10.1 Å². The van der Waals surface area contributed by atoms with Crippen LogP contribution in [0.4, 0.5) is 4.39 Å². The first-order valence-electron chi connectivity index (χ1n) is 7.22. The summed E-state index contributed by atoms with van der Waals surface area (Å²) in [5.74, 6) is 0.328. The summed E-state index contributed by atoms with van der Waals surface area (Å²) in [6.07, 6.45) is 2.94. The Morgan fingerprint density at radius 1 is 1.25 bits per heavy atom. The van der Waals surface area contributed by atoms with E-state index in [1.54, 1.807) is 26.4 Å². The van der Waals surface area contributed by atoms with Gasteiger partial charge in [-0.05, 0) is 38.8 Å². The average molecular weight is 283 g/mol. The van der Waals surface area contributed by atoms with Crippen molar-refractivity contribution in [2.45, 2.75) is 45.3 Å². The molecule has 2 atom stereocenters. The molecule has 0 aliphatic heterocycles. The first-order valence-corrected chi connectivity index (χ1v) is 7.22. The van der Waals surface area contributed by atoms with Crippen molar-refractivity contribution in [1.82, 2.24) is 5.32 Å². The van der Waals surface area contributed by atoms with Crippen LogP contribution >= 0.6 is 0 Å². The molecule has 4 heteroatoms. The minimum Gasteiger partial charge on any atom is -0.497 e. The van der Waals surface area contributed by atoms with Crippen molar-refractivity contribution in [3.05, 3.63) is 29.6 Å². The van der Waals surface area contributed by atoms with Crippen LogP contribution in [0, 0.1) is 5.82 Å². The van der Waals surface area contributed by atoms with Gasteiger partial charge in [0.25, 0.3) is 0 Å². The Bertz CT molecular complexity index is 398. The van der Waals surface area contributed by atoms with Crippen molar-refractivity contribution in [2.24, 2.45) is 0 Å². The summed E-state index contributed by atoms with van der Waals surface area (Å²) in [6, 6.07) is 5.06. The third-order valence-electron chi connectivity index (χ3n) is 3.49. The van der Waals surface area contributed by atoms with E-state index in [1.165, 1.54) is 6.07 Å². The van der Waals surface area contributed by atoms with Crippen LogP contribution in [0.3, 0.4) is 0 Å². The summed E-state index contributed by atoms with van der Waals surface area (Å²) < 4.78 is 24.5. The average Bonchev–Trinajstić information content (AvgIpc) is 2.47. The fourth-order valence-electron chi connectivity index (χ4n) is 2.12. The Morgan fingerprint density at radius 2 is 2.00 bits per heavy atom. The zero-order valence-corrected chi connectivity index (χ0v) is 12.9. The normalized spacial score (nSPS) is 14.1. The van der Waals surface area contributed by atoms with Crippen molar-refractivity contribution in [2.75, 3.05) is 20.8 Å². The molecule has 114 valence electrons. The van der Waals surface area contributed by atoms with E-state index >= 15 is 0 Å². The number of hydrogen-bond acceptors (Lipinski definition) is 3. The van der Waals surface area contributed by atoms with Gasteiger partial charge >= 0.3 is 0 Å². The van der Waals surface area contributed by atoms with Crippen LogP contribution in [0.2, 0.25) is 0 Å². The van der Waals surface area contributed by atoms with E-state index in [9.17, 15) is 4.39 Å². The van der Waals surface area contributed by atoms with E-state index in [4.69, 9.17) is 9.47 Å². The van der Waals surface area contributed by atoms with Gasteiger partial charge in [0, 0.05) is 24.8 Å². The monoisotopic (exact) mass is 283 g/mol. The number of nitrogens with one attached hydrogen (secondary N) is 1. The fraction of sp³-hybridized carbons (Fsp3) is 0.625. The Labute approximate surface area is 121 Å². The van der Waals surface area contributed by atoms with Gasteiger partial charge in [-0.15, -0.1) is 0 Å². The second-order valence-electron chi connectivity index (χ2n) is 5.02. The molecule has 0 saturated carbocycles. The molecule has 3 nitrogen and oxygen atoms in total. The molecule has 0 fully saturated rings. The number of halogens is 1. The largest absolute Gasteiger partial charge is 0.497 e. The lowest BCUT2D eigenvalue weighted by Crippen LogP contribution is -2.24. The van der Waals surface area contributed by atoms with Gasteiger partial charge in [0.05, 0.1) is 13.2 Å². The summed E-state index contributed by atoms with van der Waals surface area (Å²) in [6.45, 7) is 5.00. The Balaban J connectivity index is 2.80. The van der Waals surface area contributed by atoms with Gasteiger partial charge < -0.3 is 14.8 Å². The molecule has 0 saturated heterocycles. The molecule has 0 heterocycles. The molecule has 1 aromatic rings. The number of ether oxygens (including phenoxy) is 2. The SMILES string of the molecule is CCCNC(CCC(C)OC)c1ccc(OC)cc1F. The van der Waals surface area contributed by atoms with Crippen LogP contribution in [-0.2, 0) is 4.74 Å². The van der Waals surface area contributed by atoms with Crippen LogP contribution in [0.1, 0.15) is 44.7 Å². The summed E-state index contributed by atoms with van der Waals surface area (Å²) in [7, 11) is 3.24. The Hall–Kier alpha value is -1.13. The smallest absolute Gasteiger partial charge is 0.131 e. The first-order chi connectivity index (χ1) is 9.62.